The Kier molecular flexibility index (Phi) is 5.22. The quantitative estimate of drug-likeness (QED) is 0.354. The van der Waals surface area contributed by atoms with Gasteiger partial charge in [-0.3, -0.25) is 24.1 Å². The van der Waals surface area contributed by atoms with Gasteiger partial charge in [0.1, 0.15) is 4.88 Å². The lowest BCUT2D eigenvalue weighted by Crippen LogP contribution is -2.12. The molecular weight excluding hydrogens is 418 g/mol. The second-order valence-electron chi connectivity index (χ2n) is 6.82. The summed E-state index contributed by atoms with van der Waals surface area (Å²) in [6.45, 7) is 3.23. The summed E-state index contributed by atoms with van der Waals surface area (Å²) in [5.74, 6) is -0.483. The minimum absolute atomic E-state index is 0.00728. The molecule has 2 amide bonds. The first-order valence-electron chi connectivity index (χ1n) is 9.24. The number of imidazole rings is 1. The van der Waals surface area contributed by atoms with Crippen LogP contribution in [0.3, 0.4) is 0 Å². The van der Waals surface area contributed by atoms with Crippen LogP contribution in [0, 0.1) is 17.0 Å². The van der Waals surface area contributed by atoms with Gasteiger partial charge in [-0.1, -0.05) is 29.5 Å². The summed E-state index contributed by atoms with van der Waals surface area (Å²) in [6, 6.07) is 13.1. The van der Waals surface area contributed by atoms with Crippen LogP contribution < -0.4 is 10.6 Å². The van der Waals surface area contributed by atoms with Gasteiger partial charge in [-0.05, 0) is 25.1 Å². The summed E-state index contributed by atoms with van der Waals surface area (Å²) in [5, 5.41) is 16.5. The summed E-state index contributed by atoms with van der Waals surface area (Å²) >= 11 is 1.23. The number of non-ortho nitro benzene ring substituents is 1. The van der Waals surface area contributed by atoms with Crippen LogP contribution in [-0.2, 0) is 4.79 Å². The highest BCUT2D eigenvalue weighted by atomic mass is 32.1. The molecule has 0 radical (unpaired) electrons. The van der Waals surface area contributed by atoms with Crippen LogP contribution in [0.25, 0.3) is 16.2 Å². The van der Waals surface area contributed by atoms with E-state index in [4.69, 9.17) is 0 Å². The molecule has 156 valence electrons. The third kappa shape index (κ3) is 4.14. The summed E-state index contributed by atoms with van der Waals surface area (Å²) < 4.78 is 1.79. The zero-order chi connectivity index (χ0) is 22.1. The number of rotatable bonds is 5. The number of anilines is 2. The Hall–Kier alpha value is -4.05. The molecule has 4 aromatic rings. The van der Waals surface area contributed by atoms with Crippen LogP contribution in [0.1, 0.15) is 22.3 Å². The van der Waals surface area contributed by atoms with Crippen molar-refractivity contribution in [1.82, 2.24) is 9.38 Å². The number of nitro benzene ring substituents is 1. The normalized spacial score (nSPS) is 10.8. The molecule has 0 fully saturated rings. The van der Waals surface area contributed by atoms with Crippen molar-refractivity contribution >= 4 is 45.2 Å². The first-order chi connectivity index (χ1) is 14.8. The number of thiazole rings is 1. The summed E-state index contributed by atoms with van der Waals surface area (Å²) in [7, 11) is 0. The third-order valence-corrected chi connectivity index (χ3v) is 5.71. The maximum Gasteiger partial charge on any atom is 0.270 e. The molecular formula is C21H17N5O4S. The first kappa shape index (κ1) is 20.2. The smallest absolute Gasteiger partial charge is 0.270 e. The molecule has 0 spiro atoms. The Morgan fingerprint density at radius 1 is 1.10 bits per heavy atom. The SMILES string of the molecule is CC(=O)Nc1cccc(NC(=O)c2sc3nc(-c4cccc([N+](=O)[O-])c4)cn3c2C)c1. The van der Waals surface area contributed by atoms with E-state index in [1.165, 1.54) is 30.4 Å². The van der Waals surface area contributed by atoms with Gasteiger partial charge in [0.05, 0.1) is 10.6 Å². The van der Waals surface area contributed by atoms with Gasteiger partial charge in [0.25, 0.3) is 11.6 Å². The van der Waals surface area contributed by atoms with E-state index in [1.54, 1.807) is 47.0 Å². The van der Waals surface area contributed by atoms with E-state index in [0.29, 0.717) is 38.2 Å². The first-order valence-corrected chi connectivity index (χ1v) is 10.1. The Labute approximate surface area is 180 Å². The topological polar surface area (TPSA) is 119 Å². The number of fused-ring (bicyclic) bond motifs is 1. The second-order valence-corrected chi connectivity index (χ2v) is 7.80. The molecule has 2 heterocycles. The van der Waals surface area contributed by atoms with Crippen LogP contribution in [-0.4, -0.2) is 26.1 Å². The highest BCUT2D eigenvalue weighted by molar-refractivity contribution is 7.19. The molecule has 0 aliphatic heterocycles. The van der Waals surface area contributed by atoms with Crippen molar-refractivity contribution < 1.29 is 14.5 Å². The van der Waals surface area contributed by atoms with Gasteiger partial charge in [-0.25, -0.2) is 4.98 Å². The average molecular weight is 435 g/mol. The van der Waals surface area contributed by atoms with Crippen molar-refractivity contribution in [1.29, 1.82) is 0 Å². The van der Waals surface area contributed by atoms with E-state index in [0.717, 1.165) is 0 Å². The molecule has 4 rings (SSSR count). The highest BCUT2D eigenvalue weighted by Crippen LogP contribution is 2.29. The molecule has 2 aromatic carbocycles. The van der Waals surface area contributed by atoms with Gasteiger partial charge in [0, 0.05) is 47.9 Å². The maximum atomic E-state index is 12.8. The van der Waals surface area contributed by atoms with Gasteiger partial charge < -0.3 is 10.6 Å². The number of amides is 2. The molecule has 0 unspecified atom stereocenters. The fourth-order valence-electron chi connectivity index (χ4n) is 3.14. The van der Waals surface area contributed by atoms with E-state index in [2.05, 4.69) is 15.6 Å². The number of aromatic nitrogens is 2. The number of nitrogens with zero attached hydrogens (tertiary/aromatic N) is 3. The molecule has 31 heavy (non-hydrogen) atoms. The Bertz CT molecular complexity index is 1340. The predicted octanol–water partition coefficient (Wildman–Crippen LogP) is 4.49. The van der Waals surface area contributed by atoms with Crippen molar-refractivity contribution in [3.63, 3.8) is 0 Å². The predicted molar refractivity (Wildman–Crippen MR) is 119 cm³/mol. The molecule has 9 nitrogen and oxygen atoms in total. The minimum atomic E-state index is -0.448. The molecule has 0 atom stereocenters. The number of carbonyl (C=O) groups is 2. The molecule has 2 N–H and O–H groups in total. The van der Waals surface area contributed by atoms with Gasteiger partial charge in [0.2, 0.25) is 5.91 Å². The standard InChI is InChI=1S/C21H17N5O4S/c1-12-19(20(28)23-16-7-4-6-15(10-16)22-13(2)27)31-21-24-18(11-25(12)21)14-5-3-8-17(9-14)26(29)30/h3-11H,1-2H3,(H,22,27)(H,23,28). The Balaban J connectivity index is 1.60. The lowest BCUT2D eigenvalue weighted by Gasteiger charge is -2.07. The zero-order valence-corrected chi connectivity index (χ0v) is 17.4. The summed E-state index contributed by atoms with van der Waals surface area (Å²) in [6.07, 6.45) is 1.76. The molecule has 0 bridgehead atoms. The lowest BCUT2D eigenvalue weighted by molar-refractivity contribution is -0.384. The van der Waals surface area contributed by atoms with Crippen LogP contribution in [0.2, 0.25) is 0 Å². The molecule has 0 saturated heterocycles. The van der Waals surface area contributed by atoms with Crippen molar-refractivity contribution in [3.05, 3.63) is 75.4 Å². The largest absolute Gasteiger partial charge is 0.326 e. The highest BCUT2D eigenvalue weighted by Gasteiger charge is 2.19. The number of hydrogen-bond acceptors (Lipinski definition) is 6. The minimum Gasteiger partial charge on any atom is -0.326 e. The zero-order valence-electron chi connectivity index (χ0n) is 16.6. The average Bonchev–Trinajstić information content (AvgIpc) is 3.27. The van der Waals surface area contributed by atoms with Crippen molar-refractivity contribution in [2.24, 2.45) is 0 Å². The molecule has 0 aliphatic rings. The summed E-state index contributed by atoms with van der Waals surface area (Å²) in [5.41, 5.74) is 3.06. The maximum absolute atomic E-state index is 12.8. The summed E-state index contributed by atoms with van der Waals surface area (Å²) in [4.78, 5) is 40.2. The van der Waals surface area contributed by atoms with Crippen molar-refractivity contribution in [2.45, 2.75) is 13.8 Å². The number of carbonyl (C=O) groups excluding carboxylic acids is 2. The Morgan fingerprint density at radius 3 is 2.48 bits per heavy atom. The third-order valence-electron chi connectivity index (χ3n) is 4.56. The van der Waals surface area contributed by atoms with Gasteiger partial charge >= 0.3 is 0 Å². The van der Waals surface area contributed by atoms with E-state index in [-0.39, 0.29) is 17.5 Å². The number of nitro groups is 1. The van der Waals surface area contributed by atoms with Crippen LogP contribution in [0.15, 0.2) is 54.7 Å². The van der Waals surface area contributed by atoms with Gasteiger partial charge in [-0.15, -0.1) is 0 Å². The van der Waals surface area contributed by atoms with Crippen LogP contribution in [0.5, 0.6) is 0 Å². The van der Waals surface area contributed by atoms with Crippen LogP contribution in [0.4, 0.5) is 17.1 Å². The number of hydrogen-bond donors (Lipinski definition) is 2. The number of nitrogens with one attached hydrogen (secondary N) is 2. The Morgan fingerprint density at radius 2 is 1.81 bits per heavy atom. The second kappa shape index (κ2) is 8.00. The number of benzene rings is 2. The van der Waals surface area contributed by atoms with E-state index < -0.39 is 4.92 Å². The van der Waals surface area contributed by atoms with E-state index in [1.807, 2.05) is 6.92 Å². The number of aryl methyl sites for hydroxylation is 1. The molecule has 2 aromatic heterocycles. The lowest BCUT2D eigenvalue weighted by atomic mass is 10.1. The van der Waals surface area contributed by atoms with Gasteiger partial charge in [-0.2, -0.15) is 0 Å². The molecule has 0 saturated carbocycles. The fourth-order valence-corrected chi connectivity index (χ4v) is 4.15. The monoisotopic (exact) mass is 435 g/mol. The van der Waals surface area contributed by atoms with Gasteiger partial charge in [0.15, 0.2) is 4.96 Å². The van der Waals surface area contributed by atoms with Crippen molar-refractivity contribution in [2.75, 3.05) is 10.6 Å². The molecule has 10 heteroatoms. The van der Waals surface area contributed by atoms with E-state index >= 15 is 0 Å². The molecule has 0 aliphatic carbocycles. The van der Waals surface area contributed by atoms with E-state index in [9.17, 15) is 19.7 Å². The van der Waals surface area contributed by atoms with Crippen molar-refractivity contribution in [3.8, 4) is 11.3 Å². The van der Waals surface area contributed by atoms with Crippen LogP contribution >= 0.6 is 11.3 Å². The fraction of sp³-hybridized carbons (Fsp3) is 0.0952.